The summed E-state index contributed by atoms with van der Waals surface area (Å²) in [6, 6.07) is 21.3. The molecule has 0 saturated heterocycles. The number of benzene rings is 3. The summed E-state index contributed by atoms with van der Waals surface area (Å²) < 4.78 is 16.4. The Labute approximate surface area is 188 Å². The van der Waals surface area contributed by atoms with E-state index < -0.39 is 23.1 Å². The predicted molar refractivity (Wildman–Crippen MR) is 122 cm³/mol. The topological polar surface area (TPSA) is 82.9 Å². The van der Waals surface area contributed by atoms with Crippen molar-refractivity contribution in [3.05, 3.63) is 127 Å². The minimum atomic E-state index is -0.674. The van der Waals surface area contributed by atoms with Crippen molar-refractivity contribution in [3.8, 4) is 5.69 Å². The van der Waals surface area contributed by atoms with Crippen LogP contribution < -0.4 is 17.0 Å². The maximum atomic E-state index is 14.3. The molecule has 0 bridgehead atoms. The molecule has 2 N–H and O–H groups in total. The van der Waals surface area contributed by atoms with Gasteiger partial charge < -0.3 is 5.73 Å². The summed E-state index contributed by atoms with van der Waals surface area (Å²) >= 11 is 6.28. The lowest BCUT2D eigenvalue weighted by molar-refractivity contribution is 0.469. The van der Waals surface area contributed by atoms with Crippen LogP contribution in [0.15, 0.2) is 88.5 Å². The Bertz CT molecular complexity index is 1370. The molecule has 0 aliphatic heterocycles. The molecule has 6 nitrogen and oxygen atoms in total. The van der Waals surface area contributed by atoms with Crippen LogP contribution in [0.3, 0.4) is 0 Å². The Balaban J connectivity index is 1.87. The molecule has 1 atom stereocenters. The molecule has 0 fully saturated rings. The van der Waals surface area contributed by atoms with Crippen molar-refractivity contribution in [2.24, 2.45) is 5.73 Å². The van der Waals surface area contributed by atoms with Gasteiger partial charge in [0, 0.05) is 12.5 Å². The van der Waals surface area contributed by atoms with Crippen LogP contribution in [-0.2, 0) is 13.0 Å². The highest BCUT2D eigenvalue weighted by atomic mass is 35.5. The van der Waals surface area contributed by atoms with E-state index in [0.29, 0.717) is 5.56 Å². The largest absolute Gasteiger partial charge is 0.352 e. The molecular formula is C24H20ClFN4O2. The van der Waals surface area contributed by atoms with E-state index in [1.165, 1.54) is 6.07 Å². The van der Waals surface area contributed by atoms with Gasteiger partial charge in [0.05, 0.1) is 17.3 Å². The summed E-state index contributed by atoms with van der Waals surface area (Å²) in [5.41, 5.74) is 6.31. The summed E-state index contributed by atoms with van der Waals surface area (Å²) in [4.78, 5) is 26.5. The minimum Gasteiger partial charge on any atom is -0.322 e. The predicted octanol–water partition coefficient (Wildman–Crippen LogP) is 3.48. The lowest BCUT2D eigenvalue weighted by atomic mass is 10.1. The van der Waals surface area contributed by atoms with Gasteiger partial charge >= 0.3 is 5.69 Å². The smallest absolute Gasteiger partial charge is 0.322 e. The number of para-hydroxylation sites is 1. The molecule has 0 aliphatic carbocycles. The van der Waals surface area contributed by atoms with Gasteiger partial charge in [0.25, 0.3) is 5.56 Å². The normalized spacial score (nSPS) is 12.0. The van der Waals surface area contributed by atoms with Crippen LogP contribution >= 0.6 is 11.6 Å². The van der Waals surface area contributed by atoms with Gasteiger partial charge in [-0.1, -0.05) is 72.3 Å². The fraction of sp³-hybridized carbons (Fsp3) is 0.125. The Morgan fingerprint density at radius 2 is 1.59 bits per heavy atom. The average molecular weight is 451 g/mol. The summed E-state index contributed by atoms with van der Waals surface area (Å²) in [5.74, 6) is -0.461. The molecule has 8 heteroatoms. The third-order valence-corrected chi connectivity index (χ3v) is 5.43. The molecule has 162 valence electrons. The quantitative estimate of drug-likeness (QED) is 0.487. The molecule has 32 heavy (non-hydrogen) atoms. The van der Waals surface area contributed by atoms with Crippen molar-refractivity contribution in [1.82, 2.24) is 14.3 Å². The van der Waals surface area contributed by atoms with Gasteiger partial charge in [0.1, 0.15) is 11.5 Å². The summed E-state index contributed by atoms with van der Waals surface area (Å²) in [6.07, 6.45) is -0.0865. The van der Waals surface area contributed by atoms with E-state index >= 15 is 0 Å². The molecule has 4 aromatic rings. The van der Waals surface area contributed by atoms with Gasteiger partial charge in [-0.15, -0.1) is 0 Å². The summed E-state index contributed by atoms with van der Waals surface area (Å²) in [7, 11) is 0. The highest BCUT2D eigenvalue weighted by Gasteiger charge is 2.19. The van der Waals surface area contributed by atoms with Crippen molar-refractivity contribution in [1.29, 1.82) is 0 Å². The molecular weight excluding hydrogens is 431 g/mol. The van der Waals surface area contributed by atoms with E-state index in [0.717, 1.165) is 14.8 Å². The lowest BCUT2D eigenvalue weighted by Gasteiger charge is -2.16. The number of rotatable bonds is 6. The molecule has 1 unspecified atom stereocenters. The number of hydrogen-bond acceptors (Lipinski definition) is 4. The maximum Gasteiger partial charge on any atom is 0.352 e. The zero-order chi connectivity index (χ0) is 22.7. The first-order valence-corrected chi connectivity index (χ1v) is 10.4. The van der Waals surface area contributed by atoms with Crippen LogP contribution in [0, 0.1) is 5.82 Å². The Hall–Kier alpha value is -3.55. The minimum absolute atomic E-state index is 0.00915. The van der Waals surface area contributed by atoms with Crippen LogP contribution in [0.5, 0.6) is 0 Å². The Kier molecular flexibility index (Phi) is 6.30. The van der Waals surface area contributed by atoms with Gasteiger partial charge in [-0.05, 0) is 29.3 Å². The zero-order valence-electron chi connectivity index (χ0n) is 17.0. The molecule has 0 aliphatic rings. The van der Waals surface area contributed by atoms with Gasteiger partial charge in [-0.2, -0.15) is 5.10 Å². The fourth-order valence-corrected chi connectivity index (χ4v) is 3.67. The van der Waals surface area contributed by atoms with Crippen LogP contribution in [0.1, 0.15) is 22.9 Å². The van der Waals surface area contributed by atoms with E-state index in [4.69, 9.17) is 17.3 Å². The molecule has 4 rings (SSSR count). The highest BCUT2D eigenvalue weighted by molar-refractivity contribution is 6.32. The van der Waals surface area contributed by atoms with Gasteiger partial charge in [-0.3, -0.25) is 4.79 Å². The first kappa shape index (κ1) is 21.7. The van der Waals surface area contributed by atoms with E-state index in [1.54, 1.807) is 42.5 Å². The molecule has 0 amide bonds. The molecule has 1 heterocycles. The fourth-order valence-electron chi connectivity index (χ4n) is 3.45. The Morgan fingerprint density at radius 3 is 2.31 bits per heavy atom. The maximum absolute atomic E-state index is 14.3. The monoisotopic (exact) mass is 450 g/mol. The molecule has 0 saturated carbocycles. The number of aromatic nitrogens is 3. The molecule has 3 aromatic carbocycles. The second-order valence-electron chi connectivity index (χ2n) is 7.29. The first-order chi connectivity index (χ1) is 15.5. The number of nitrogens with two attached hydrogens (primary N) is 1. The SMILES string of the molecule is NC(Cn1nc(Cc2ccccc2F)c(=O)n(-c2ccccc2Cl)c1=O)c1ccccc1. The summed E-state index contributed by atoms with van der Waals surface area (Å²) in [6.45, 7) is 0.0256. The van der Waals surface area contributed by atoms with Crippen LogP contribution in [0.25, 0.3) is 5.69 Å². The van der Waals surface area contributed by atoms with Crippen molar-refractivity contribution in [2.45, 2.75) is 19.0 Å². The van der Waals surface area contributed by atoms with Crippen molar-refractivity contribution in [2.75, 3.05) is 0 Å². The lowest BCUT2D eigenvalue weighted by Crippen LogP contribution is -2.44. The second-order valence-corrected chi connectivity index (χ2v) is 7.70. The van der Waals surface area contributed by atoms with Gasteiger partial charge in [0.2, 0.25) is 0 Å². The van der Waals surface area contributed by atoms with Crippen molar-refractivity contribution >= 4 is 11.6 Å². The number of nitrogens with zero attached hydrogens (tertiary/aromatic N) is 3. The van der Waals surface area contributed by atoms with E-state index in [9.17, 15) is 14.0 Å². The van der Waals surface area contributed by atoms with E-state index in [-0.39, 0.29) is 29.4 Å². The molecule has 0 radical (unpaired) electrons. The van der Waals surface area contributed by atoms with E-state index in [2.05, 4.69) is 5.10 Å². The zero-order valence-corrected chi connectivity index (χ0v) is 17.7. The number of hydrogen-bond donors (Lipinski definition) is 1. The van der Waals surface area contributed by atoms with Crippen LogP contribution in [-0.4, -0.2) is 14.3 Å². The van der Waals surface area contributed by atoms with Gasteiger partial charge in [-0.25, -0.2) is 18.4 Å². The average Bonchev–Trinajstić information content (AvgIpc) is 2.80. The third kappa shape index (κ3) is 4.39. The van der Waals surface area contributed by atoms with Crippen molar-refractivity contribution < 1.29 is 4.39 Å². The van der Waals surface area contributed by atoms with Crippen LogP contribution in [0.4, 0.5) is 4.39 Å². The van der Waals surface area contributed by atoms with Crippen molar-refractivity contribution in [3.63, 3.8) is 0 Å². The third-order valence-electron chi connectivity index (χ3n) is 5.11. The summed E-state index contributed by atoms with van der Waals surface area (Å²) in [5, 5.41) is 4.50. The molecule has 0 spiro atoms. The van der Waals surface area contributed by atoms with Gasteiger partial charge in [0.15, 0.2) is 0 Å². The number of halogens is 2. The standard InChI is InChI=1S/C24H20ClFN4O2/c25-18-11-5-7-13-22(18)30-23(31)21(14-17-10-4-6-12-19(17)26)28-29(24(30)32)15-20(27)16-8-2-1-3-9-16/h1-13,20H,14-15,27H2. The van der Waals surface area contributed by atoms with E-state index in [1.807, 2.05) is 30.3 Å². The molecule has 1 aromatic heterocycles. The highest BCUT2D eigenvalue weighted by Crippen LogP contribution is 2.18. The second kappa shape index (κ2) is 9.30. The Morgan fingerprint density at radius 1 is 0.938 bits per heavy atom. The van der Waals surface area contributed by atoms with Crippen LogP contribution in [0.2, 0.25) is 5.02 Å². The first-order valence-electron chi connectivity index (χ1n) is 9.97.